The number of Topliss-reactive ketones (excluding diaryl/α,β-unsaturated/α-hetero) is 1. The summed E-state index contributed by atoms with van der Waals surface area (Å²) in [7, 11) is 1.43. The SMILES string of the molecule is COc1cccc(C2/C(=C(\O)c3ccc(F)c(C)c3)C(=O)C(=O)N2Cc2cccc(C(F)(F)F)c2)c1. The number of methoxy groups -OCH3 is 1. The number of aliphatic hydroxyl groups excluding tert-OH is 1. The summed E-state index contributed by atoms with van der Waals surface area (Å²) in [6, 6.07) is 13.5. The number of ether oxygens (including phenoxy) is 1. The van der Waals surface area contributed by atoms with Crippen molar-refractivity contribution >= 4 is 17.4 Å². The van der Waals surface area contributed by atoms with E-state index in [0.29, 0.717) is 11.3 Å². The van der Waals surface area contributed by atoms with E-state index in [9.17, 15) is 32.3 Å². The molecule has 1 unspecified atom stereocenters. The Hall–Kier alpha value is -4.14. The van der Waals surface area contributed by atoms with Crippen molar-refractivity contribution in [3.05, 3.63) is 106 Å². The maximum Gasteiger partial charge on any atom is 0.416 e. The lowest BCUT2D eigenvalue weighted by Crippen LogP contribution is -2.29. The summed E-state index contributed by atoms with van der Waals surface area (Å²) in [5.41, 5.74) is -0.255. The third kappa shape index (κ3) is 4.68. The normalized spacial score (nSPS) is 17.5. The van der Waals surface area contributed by atoms with Crippen molar-refractivity contribution in [3.63, 3.8) is 0 Å². The molecule has 0 radical (unpaired) electrons. The second-order valence-corrected chi connectivity index (χ2v) is 8.37. The van der Waals surface area contributed by atoms with Gasteiger partial charge in [0, 0.05) is 12.1 Å². The van der Waals surface area contributed by atoms with Crippen LogP contribution in [-0.4, -0.2) is 28.8 Å². The zero-order valence-electron chi connectivity index (χ0n) is 19.3. The minimum absolute atomic E-state index is 0.124. The molecule has 1 aliphatic heterocycles. The molecule has 0 aliphatic carbocycles. The number of aryl methyl sites for hydroxylation is 1. The third-order valence-electron chi connectivity index (χ3n) is 5.99. The number of amides is 1. The lowest BCUT2D eigenvalue weighted by atomic mass is 9.94. The molecule has 186 valence electrons. The van der Waals surface area contributed by atoms with Crippen LogP contribution in [0.4, 0.5) is 17.6 Å². The van der Waals surface area contributed by atoms with Gasteiger partial charge in [-0.15, -0.1) is 0 Å². The second kappa shape index (κ2) is 9.49. The van der Waals surface area contributed by atoms with Gasteiger partial charge in [-0.2, -0.15) is 13.2 Å². The van der Waals surface area contributed by atoms with E-state index in [0.717, 1.165) is 23.1 Å². The summed E-state index contributed by atoms with van der Waals surface area (Å²) in [6.45, 7) is 1.16. The standard InChI is InChI=1S/C27H21F4NO4/c1-15-11-18(9-10-21(15)28)24(33)22-23(17-6-4-8-20(13-17)36-2)32(26(35)25(22)34)14-16-5-3-7-19(12-16)27(29,30)31/h3-13,23,33H,14H2,1-2H3/b24-22+. The molecular weight excluding hydrogens is 478 g/mol. The van der Waals surface area contributed by atoms with Crippen LogP contribution in [0.1, 0.15) is 33.9 Å². The molecular formula is C27H21F4NO4. The molecule has 36 heavy (non-hydrogen) atoms. The number of rotatable bonds is 5. The second-order valence-electron chi connectivity index (χ2n) is 8.37. The molecule has 5 nitrogen and oxygen atoms in total. The first-order chi connectivity index (χ1) is 17.0. The molecule has 1 atom stereocenters. The third-order valence-corrected chi connectivity index (χ3v) is 5.99. The van der Waals surface area contributed by atoms with Crippen molar-refractivity contribution in [1.29, 1.82) is 0 Å². The summed E-state index contributed by atoms with van der Waals surface area (Å²) in [5.74, 6) is -2.61. The number of benzene rings is 3. The van der Waals surface area contributed by atoms with E-state index < -0.39 is 41.0 Å². The number of halogens is 4. The number of aliphatic hydroxyl groups is 1. The van der Waals surface area contributed by atoms with Crippen LogP contribution in [0, 0.1) is 12.7 Å². The topological polar surface area (TPSA) is 66.8 Å². The number of carbonyl (C=O) groups is 2. The molecule has 1 amide bonds. The molecule has 0 bridgehead atoms. The van der Waals surface area contributed by atoms with Gasteiger partial charge in [-0.1, -0.05) is 24.3 Å². The van der Waals surface area contributed by atoms with E-state index >= 15 is 0 Å². The van der Waals surface area contributed by atoms with Gasteiger partial charge in [-0.25, -0.2) is 4.39 Å². The lowest BCUT2D eigenvalue weighted by Gasteiger charge is -2.26. The van der Waals surface area contributed by atoms with Crippen molar-refractivity contribution in [3.8, 4) is 5.75 Å². The quantitative estimate of drug-likeness (QED) is 0.209. The predicted molar refractivity (Wildman–Crippen MR) is 123 cm³/mol. The Balaban J connectivity index is 1.87. The van der Waals surface area contributed by atoms with Crippen LogP contribution < -0.4 is 4.74 Å². The van der Waals surface area contributed by atoms with Crippen LogP contribution >= 0.6 is 0 Å². The zero-order chi connectivity index (χ0) is 26.2. The molecule has 1 saturated heterocycles. The number of likely N-dealkylation sites (tertiary alicyclic amines) is 1. The number of carbonyl (C=O) groups excluding carboxylic acids is 2. The summed E-state index contributed by atoms with van der Waals surface area (Å²) in [5, 5.41) is 11.1. The highest BCUT2D eigenvalue weighted by molar-refractivity contribution is 6.46. The average Bonchev–Trinajstić information content (AvgIpc) is 3.10. The van der Waals surface area contributed by atoms with Crippen LogP contribution in [0.15, 0.2) is 72.3 Å². The Morgan fingerprint density at radius 1 is 1.03 bits per heavy atom. The van der Waals surface area contributed by atoms with Gasteiger partial charge in [0.2, 0.25) is 0 Å². The first-order valence-corrected chi connectivity index (χ1v) is 10.9. The summed E-state index contributed by atoms with van der Waals surface area (Å²) in [6.07, 6.45) is -4.59. The molecule has 3 aromatic carbocycles. The Kier molecular flexibility index (Phi) is 6.58. The Bertz CT molecular complexity index is 1380. The highest BCUT2D eigenvalue weighted by Crippen LogP contribution is 2.41. The van der Waals surface area contributed by atoms with Crippen LogP contribution in [0.3, 0.4) is 0 Å². The summed E-state index contributed by atoms with van der Waals surface area (Å²) in [4.78, 5) is 27.4. The minimum Gasteiger partial charge on any atom is -0.507 e. The van der Waals surface area contributed by atoms with Crippen LogP contribution in [0.25, 0.3) is 5.76 Å². The maximum atomic E-state index is 13.8. The van der Waals surface area contributed by atoms with E-state index in [1.165, 1.54) is 38.3 Å². The highest BCUT2D eigenvalue weighted by atomic mass is 19.4. The van der Waals surface area contributed by atoms with Crippen molar-refractivity contribution in [2.45, 2.75) is 25.7 Å². The smallest absolute Gasteiger partial charge is 0.416 e. The van der Waals surface area contributed by atoms with Gasteiger partial charge in [0.05, 0.1) is 24.3 Å². The molecule has 0 aromatic heterocycles. The molecule has 1 heterocycles. The van der Waals surface area contributed by atoms with Gasteiger partial charge in [0.25, 0.3) is 11.7 Å². The van der Waals surface area contributed by atoms with Crippen molar-refractivity contribution in [1.82, 2.24) is 4.90 Å². The molecule has 3 aromatic rings. The van der Waals surface area contributed by atoms with Gasteiger partial charge < -0.3 is 14.7 Å². The fourth-order valence-electron chi connectivity index (χ4n) is 4.19. The van der Waals surface area contributed by atoms with Gasteiger partial charge in [-0.05, 0) is 66.1 Å². The summed E-state index contributed by atoms with van der Waals surface area (Å²) < 4.78 is 58.8. The highest BCUT2D eigenvalue weighted by Gasteiger charge is 2.46. The van der Waals surface area contributed by atoms with Crippen molar-refractivity contribution in [2.75, 3.05) is 7.11 Å². The van der Waals surface area contributed by atoms with Crippen LogP contribution in [0.5, 0.6) is 5.75 Å². The van der Waals surface area contributed by atoms with E-state index in [1.54, 1.807) is 24.3 Å². The number of hydrogen-bond donors (Lipinski definition) is 1. The van der Waals surface area contributed by atoms with E-state index in [1.807, 2.05) is 0 Å². The van der Waals surface area contributed by atoms with Gasteiger partial charge in [0.15, 0.2) is 0 Å². The fourth-order valence-corrected chi connectivity index (χ4v) is 4.19. The number of ketones is 1. The van der Waals surface area contributed by atoms with E-state index in [2.05, 4.69) is 0 Å². The van der Waals surface area contributed by atoms with Gasteiger partial charge in [-0.3, -0.25) is 9.59 Å². The van der Waals surface area contributed by atoms with Crippen LogP contribution in [0.2, 0.25) is 0 Å². The monoisotopic (exact) mass is 499 g/mol. The largest absolute Gasteiger partial charge is 0.507 e. The maximum absolute atomic E-state index is 13.8. The summed E-state index contributed by atoms with van der Waals surface area (Å²) >= 11 is 0. The van der Waals surface area contributed by atoms with E-state index in [4.69, 9.17) is 4.74 Å². The molecule has 1 aliphatic rings. The Labute approximate surface area is 204 Å². The zero-order valence-corrected chi connectivity index (χ0v) is 19.3. The van der Waals surface area contributed by atoms with Crippen LogP contribution in [-0.2, 0) is 22.3 Å². The minimum atomic E-state index is -4.59. The van der Waals surface area contributed by atoms with Crippen molar-refractivity contribution < 1.29 is 37.0 Å². The molecule has 1 fully saturated rings. The first-order valence-electron chi connectivity index (χ1n) is 10.9. The molecule has 0 saturated carbocycles. The fraction of sp³-hybridized carbons (Fsp3) is 0.185. The predicted octanol–water partition coefficient (Wildman–Crippen LogP) is 5.78. The van der Waals surface area contributed by atoms with E-state index in [-0.39, 0.29) is 28.8 Å². The average molecular weight is 499 g/mol. The van der Waals surface area contributed by atoms with Crippen molar-refractivity contribution in [2.24, 2.45) is 0 Å². The number of alkyl halides is 3. The number of hydrogen-bond acceptors (Lipinski definition) is 4. The lowest BCUT2D eigenvalue weighted by molar-refractivity contribution is -0.140. The molecule has 9 heteroatoms. The first kappa shape index (κ1) is 25.0. The van der Waals surface area contributed by atoms with Gasteiger partial charge >= 0.3 is 6.18 Å². The van der Waals surface area contributed by atoms with Gasteiger partial charge in [0.1, 0.15) is 17.3 Å². The number of nitrogens with zero attached hydrogens (tertiary/aromatic N) is 1. The molecule has 1 N–H and O–H groups in total. The molecule has 4 rings (SSSR count). The Morgan fingerprint density at radius 3 is 2.42 bits per heavy atom. The Morgan fingerprint density at radius 2 is 1.75 bits per heavy atom. The molecule has 0 spiro atoms.